The van der Waals surface area contributed by atoms with Crippen molar-refractivity contribution in [1.82, 2.24) is 14.7 Å². The molecular formula is C23H32N4O4. The van der Waals surface area contributed by atoms with E-state index >= 15 is 0 Å². The largest absolute Gasteiger partial charge is 0.497 e. The van der Waals surface area contributed by atoms with Gasteiger partial charge in [-0.3, -0.25) is 9.59 Å². The van der Waals surface area contributed by atoms with Gasteiger partial charge < -0.3 is 19.7 Å². The third-order valence-corrected chi connectivity index (χ3v) is 5.63. The Morgan fingerprint density at radius 2 is 1.74 bits per heavy atom. The molecule has 1 aromatic heterocycles. The molecule has 168 valence electrons. The second kappa shape index (κ2) is 10.3. The summed E-state index contributed by atoms with van der Waals surface area (Å²) in [6.07, 6.45) is 3.33. The molecule has 2 amide bonds. The lowest BCUT2D eigenvalue weighted by molar-refractivity contribution is -0.121. The zero-order valence-electron chi connectivity index (χ0n) is 18.8. The van der Waals surface area contributed by atoms with Gasteiger partial charge in [0, 0.05) is 43.2 Å². The fourth-order valence-corrected chi connectivity index (χ4v) is 3.81. The van der Waals surface area contributed by atoms with Gasteiger partial charge >= 0.3 is 0 Å². The molecule has 1 aliphatic heterocycles. The van der Waals surface area contributed by atoms with Crippen LogP contribution in [0.25, 0.3) is 0 Å². The maximum absolute atomic E-state index is 13.0. The van der Waals surface area contributed by atoms with E-state index in [9.17, 15) is 9.59 Å². The van der Waals surface area contributed by atoms with Gasteiger partial charge in [0.15, 0.2) is 0 Å². The van der Waals surface area contributed by atoms with Gasteiger partial charge in [-0.25, -0.2) is 4.68 Å². The molecule has 8 heteroatoms. The molecule has 1 N–H and O–H groups in total. The fourth-order valence-electron chi connectivity index (χ4n) is 3.81. The summed E-state index contributed by atoms with van der Waals surface area (Å²) in [4.78, 5) is 27.6. The molecule has 0 radical (unpaired) electrons. The number of carbonyl (C=O) groups excluding carboxylic acids is 2. The number of carbonyl (C=O) groups is 2. The van der Waals surface area contributed by atoms with E-state index < -0.39 is 0 Å². The maximum atomic E-state index is 13.0. The minimum Gasteiger partial charge on any atom is -0.497 e. The molecule has 1 aromatic carbocycles. The molecule has 1 saturated heterocycles. The second-order valence-corrected chi connectivity index (χ2v) is 7.90. The van der Waals surface area contributed by atoms with E-state index in [0.29, 0.717) is 43.0 Å². The minimum atomic E-state index is -0.126. The lowest BCUT2D eigenvalue weighted by Crippen LogP contribution is -2.41. The van der Waals surface area contributed by atoms with Crippen LogP contribution in [-0.4, -0.2) is 53.8 Å². The number of piperidine rings is 1. The lowest BCUT2D eigenvalue weighted by atomic mass is 9.95. The van der Waals surface area contributed by atoms with E-state index in [4.69, 9.17) is 9.47 Å². The van der Waals surface area contributed by atoms with Crippen molar-refractivity contribution in [2.75, 3.05) is 32.6 Å². The van der Waals surface area contributed by atoms with Crippen molar-refractivity contribution in [3.05, 3.63) is 35.5 Å². The third kappa shape index (κ3) is 5.57. The summed E-state index contributed by atoms with van der Waals surface area (Å²) in [5.41, 5.74) is 1.41. The lowest BCUT2D eigenvalue weighted by Gasteiger charge is -2.31. The van der Waals surface area contributed by atoms with E-state index in [1.54, 1.807) is 37.3 Å². The van der Waals surface area contributed by atoms with Gasteiger partial charge in [-0.05, 0) is 38.3 Å². The normalized spacial score (nSPS) is 14.4. The van der Waals surface area contributed by atoms with E-state index in [1.807, 2.05) is 17.7 Å². The summed E-state index contributed by atoms with van der Waals surface area (Å²) in [6, 6.07) is 7.07. The zero-order valence-corrected chi connectivity index (χ0v) is 18.8. The molecule has 2 aromatic rings. The Balaban J connectivity index is 1.59. The van der Waals surface area contributed by atoms with Crippen molar-refractivity contribution >= 4 is 17.6 Å². The first-order chi connectivity index (χ1) is 14.9. The summed E-state index contributed by atoms with van der Waals surface area (Å²) in [5, 5.41) is 7.51. The first-order valence-corrected chi connectivity index (χ1v) is 10.8. The van der Waals surface area contributed by atoms with Crippen LogP contribution in [0.5, 0.6) is 11.5 Å². The number of rotatable bonds is 8. The number of nitrogens with one attached hydrogen (secondary N) is 1. The van der Waals surface area contributed by atoms with Crippen molar-refractivity contribution in [2.24, 2.45) is 5.92 Å². The van der Waals surface area contributed by atoms with Crippen molar-refractivity contribution in [3.8, 4) is 11.5 Å². The number of hydrogen-bond donors (Lipinski definition) is 1. The number of anilines is 1. The highest BCUT2D eigenvalue weighted by molar-refractivity contribution is 5.96. The average molecular weight is 429 g/mol. The Hall–Kier alpha value is -3.03. The Kier molecular flexibility index (Phi) is 7.55. The Morgan fingerprint density at radius 1 is 1.10 bits per heavy atom. The van der Waals surface area contributed by atoms with Crippen LogP contribution in [0.2, 0.25) is 0 Å². The number of nitrogens with zero attached hydrogens (tertiary/aromatic N) is 3. The van der Waals surface area contributed by atoms with Crippen LogP contribution in [0.3, 0.4) is 0 Å². The standard InChI is InChI=1S/C23H32N4O4/c1-5-6-9-27-21(12-16(2)25-27)24-22(28)17-7-10-26(11-8-17)23(29)18-13-19(30-3)15-20(14-18)31-4/h12-15,17H,5-11H2,1-4H3,(H,24,28). The summed E-state index contributed by atoms with van der Waals surface area (Å²) in [5.74, 6) is 1.69. The van der Waals surface area contributed by atoms with Gasteiger partial charge in [0.1, 0.15) is 17.3 Å². The van der Waals surface area contributed by atoms with Crippen LogP contribution in [0.15, 0.2) is 24.3 Å². The molecule has 1 aliphatic rings. The number of benzene rings is 1. The molecule has 0 aliphatic carbocycles. The fraction of sp³-hybridized carbons (Fsp3) is 0.522. The zero-order chi connectivity index (χ0) is 22.4. The predicted octanol–water partition coefficient (Wildman–Crippen LogP) is 3.50. The summed E-state index contributed by atoms with van der Waals surface area (Å²) in [7, 11) is 3.12. The minimum absolute atomic E-state index is 0.00667. The van der Waals surface area contributed by atoms with Crippen molar-refractivity contribution in [2.45, 2.75) is 46.1 Å². The van der Waals surface area contributed by atoms with Crippen LogP contribution < -0.4 is 14.8 Å². The van der Waals surface area contributed by atoms with Crippen LogP contribution in [0.1, 0.15) is 48.7 Å². The van der Waals surface area contributed by atoms with Crippen molar-refractivity contribution < 1.29 is 19.1 Å². The SMILES string of the molecule is CCCCn1nc(C)cc1NC(=O)C1CCN(C(=O)c2cc(OC)cc(OC)c2)CC1. The van der Waals surface area contributed by atoms with Crippen LogP contribution in [-0.2, 0) is 11.3 Å². The first kappa shape index (κ1) is 22.7. The molecule has 0 bridgehead atoms. The van der Waals surface area contributed by atoms with Gasteiger partial charge in [-0.2, -0.15) is 5.10 Å². The van der Waals surface area contributed by atoms with Crippen LogP contribution in [0, 0.1) is 12.8 Å². The number of methoxy groups -OCH3 is 2. The quantitative estimate of drug-likeness (QED) is 0.696. The Labute approximate surface area is 183 Å². The van der Waals surface area contributed by atoms with Gasteiger partial charge in [0.2, 0.25) is 5.91 Å². The summed E-state index contributed by atoms with van der Waals surface area (Å²) in [6.45, 7) is 5.91. The molecule has 31 heavy (non-hydrogen) atoms. The van der Waals surface area contributed by atoms with Gasteiger partial charge in [-0.15, -0.1) is 0 Å². The van der Waals surface area contributed by atoms with Gasteiger partial charge in [0.25, 0.3) is 5.91 Å². The first-order valence-electron chi connectivity index (χ1n) is 10.8. The number of unbranched alkanes of at least 4 members (excludes halogenated alkanes) is 1. The number of hydrogen-bond acceptors (Lipinski definition) is 5. The maximum Gasteiger partial charge on any atom is 0.254 e. The molecule has 0 spiro atoms. The predicted molar refractivity (Wildman–Crippen MR) is 119 cm³/mol. The van der Waals surface area contributed by atoms with Crippen molar-refractivity contribution in [1.29, 1.82) is 0 Å². The highest BCUT2D eigenvalue weighted by Gasteiger charge is 2.29. The van der Waals surface area contributed by atoms with E-state index in [1.165, 1.54) is 0 Å². The Morgan fingerprint density at radius 3 is 2.32 bits per heavy atom. The third-order valence-electron chi connectivity index (χ3n) is 5.63. The number of aryl methyl sites for hydroxylation is 2. The molecule has 0 saturated carbocycles. The molecule has 0 unspecified atom stereocenters. The van der Waals surface area contributed by atoms with E-state index in [0.717, 1.165) is 30.9 Å². The van der Waals surface area contributed by atoms with Gasteiger partial charge in [-0.1, -0.05) is 13.3 Å². The molecule has 8 nitrogen and oxygen atoms in total. The van der Waals surface area contributed by atoms with Gasteiger partial charge in [0.05, 0.1) is 19.9 Å². The van der Waals surface area contributed by atoms with E-state index in [2.05, 4.69) is 17.3 Å². The Bertz CT molecular complexity index is 894. The molecule has 3 rings (SSSR count). The van der Waals surface area contributed by atoms with Crippen LogP contribution >= 0.6 is 0 Å². The summed E-state index contributed by atoms with van der Waals surface area (Å²) < 4.78 is 12.4. The molecule has 0 atom stereocenters. The monoisotopic (exact) mass is 428 g/mol. The molecule has 2 heterocycles. The molecular weight excluding hydrogens is 396 g/mol. The highest BCUT2D eigenvalue weighted by Crippen LogP contribution is 2.26. The number of amides is 2. The average Bonchev–Trinajstić information content (AvgIpc) is 3.15. The highest BCUT2D eigenvalue weighted by atomic mass is 16.5. The topological polar surface area (TPSA) is 85.7 Å². The number of aromatic nitrogens is 2. The number of ether oxygens (including phenoxy) is 2. The smallest absolute Gasteiger partial charge is 0.254 e. The number of likely N-dealkylation sites (tertiary alicyclic amines) is 1. The van der Waals surface area contributed by atoms with E-state index in [-0.39, 0.29) is 17.7 Å². The second-order valence-electron chi connectivity index (χ2n) is 7.90. The van der Waals surface area contributed by atoms with Crippen LogP contribution in [0.4, 0.5) is 5.82 Å². The van der Waals surface area contributed by atoms with Crippen molar-refractivity contribution in [3.63, 3.8) is 0 Å². The molecule has 1 fully saturated rings. The summed E-state index contributed by atoms with van der Waals surface area (Å²) >= 11 is 0.